The number of benzene rings is 2. The second-order valence-corrected chi connectivity index (χ2v) is 5.22. The first-order valence-corrected chi connectivity index (χ1v) is 6.68. The molecule has 0 fully saturated rings. The van der Waals surface area contributed by atoms with Gasteiger partial charge < -0.3 is 5.73 Å². The molecule has 1 nitrogen and oxygen atoms in total. The second-order valence-electron chi connectivity index (χ2n) is 4.79. The van der Waals surface area contributed by atoms with Gasteiger partial charge in [0, 0.05) is 10.9 Å². The van der Waals surface area contributed by atoms with E-state index in [4.69, 9.17) is 17.3 Å². The summed E-state index contributed by atoms with van der Waals surface area (Å²) in [5.41, 5.74) is 8.83. The van der Waals surface area contributed by atoms with Crippen LogP contribution < -0.4 is 5.73 Å². The maximum Gasteiger partial charge on any atom is 0.127 e. The van der Waals surface area contributed by atoms with Gasteiger partial charge in [-0.3, -0.25) is 0 Å². The van der Waals surface area contributed by atoms with Gasteiger partial charge >= 0.3 is 0 Å². The Morgan fingerprint density at radius 3 is 2.63 bits per heavy atom. The van der Waals surface area contributed by atoms with E-state index in [9.17, 15) is 4.39 Å². The zero-order valence-electron chi connectivity index (χ0n) is 10.9. The summed E-state index contributed by atoms with van der Waals surface area (Å²) in [6.45, 7) is 2.53. The summed E-state index contributed by atoms with van der Waals surface area (Å²) in [6.07, 6.45) is 0.586. The number of rotatable bonds is 4. The molecule has 0 aromatic heterocycles. The Hall–Kier alpha value is -1.38. The molecule has 100 valence electrons. The largest absolute Gasteiger partial charge is 0.330 e. The van der Waals surface area contributed by atoms with Gasteiger partial charge in [-0.1, -0.05) is 47.5 Å². The lowest BCUT2D eigenvalue weighted by atomic mass is 9.91. The molecule has 2 rings (SSSR count). The Morgan fingerprint density at radius 1 is 1.21 bits per heavy atom. The highest BCUT2D eigenvalue weighted by molar-refractivity contribution is 6.30. The summed E-state index contributed by atoms with van der Waals surface area (Å²) in [7, 11) is 0. The van der Waals surface area contributed by atoms with Crippen molar-refractivity contribution in [2.75, 3.05) is 6.54 Å². The standard InChI is InChI=1S/C16H17ClFN/c1-11-3-2-4-12(7-11)14(10-19)8-13-5-6-15(17)9-16(13)18/h2-7,9,14H,8,10,19H2,1H3. The van der Waals surface area contributed by atoms with Gasteiger partial charge in [0.1, 0.15) is 5.82 Å². The predicted molar refractivity (Wildman–Crippen MR) is 78.1 cm³/mol. The molecular weight excluding hydrogens is 261 g/mol. The first-order chi connectivity index (χ1) is 9.10. The quantitative estimate of drug-likeness (QED) is 0.896. The van der Waals surface area contributed by atoms with Gasteiger partial charge in [0.15, 0.2) is 0 Å². The summed E-state index contributed by atoms with van der Waals surface area (Å²) >= 11 is 5.76. The van der Waals surface area contributed by atoms with Gasteiger partial charge in [-0.2, -0.15) is 0 Å². The third-order valence-corrected chi connectivity index (χ3v) is 3.51. The van der Waals surface area contributed by atoms with E-state index in [1.807, 2.05) is 25.1 Å². The molecule has 1 unspecified atom stereocenters. The van der Waals surface area contributed by atoms with Gasteiger partial charge in [0.2, 0.25) is 0 Å². The van der Waals surface area contributed by atoms with Crippen molar-refractivity contribution < 1.29 is 4.39 Å². The molecule has 0 heterocycles. The van der Waals surface area contributed by atoms with E-state index in [1.165, 1.54) is 11.6 Å². The first-order valence-electron chi connectivity index (χ1n) is 6.30. The molecular formula is C16H17ClFN. The minimum absolute atomic E-state index is 0.121. The number of halogens is 2. The van der Waals surface area contributed by atoms with Crippen molar-refractivity contribution in [3.8, 4) is 0 Å². The summed E-state index contributed by atoms with van der Waals surface area (Å²) in [5, 5.41) is 0.418. The molecule has 0 aliphatic carbocycles. The Balaban J connectivity index is 2.24. The third kappa shape index (κ3) is 3.55. The summed E-state index contributed by atoms with van der Waals surface area (Å²) in [5.74, 6) is -0.144. The molecule has 0 saturated carbocycles. The normalized spacial score (nSPS) is 12.4. The van der Waals surface area contributed by atoms with E-state index >= 15 is 0 Å². The highest BCUT2D eigenvalue weighted by atomic mass is 35.5. The van der Waals surface area contributed by atoms with Crippen LogP contribution in [0.3, 0.4) is 0 Å². The molecule has 2 N–H and O–H groups in total. The predicted octanol–water partition coefficient (Wildman–Crippen LogP) is 4.07. The Bertz CT molecular complexity index is 568. The average molecular weight is 278 g/mol. The van der Waals surface area contributed by atoms with Crippen molar-refractivity contribution >= 4 is 11.6 Å². The second kappa shape index (κ2) is 6.18. The third-order valence-electron chi connectivity index (χ3n) is 3.28. The maximum absolute atomic E-state index is 13.8. The van der Waals surface area contributed by atoms with Gasteiger partial charge in [0.25, 0.3) is 0 Å². The molecule has 0 radical (unpaired) electrons. The number of hydrogen-bond acceptors (Lipinski definition) is 1. The number of aryl methyl sites for hydroxylation is 1. The first kappa shape index (κ1) is 14.0. The molecule has 19 heavy (non-hydrogen) atoms. The van der Waals surface area contributed by atoms with E-state index in [0.29, 0.717) is 23.6 Å². The van der Waals surface area contributed by atoms with Crippen LogP contribution in [0.25, 0.3) is 0 Å². The van der Waals surface area contributed by atoms with Crippen molar-refractivity contribution in [2.45, 2.75) is 19.3 Å². The van der Waals surface area contributed by atoms with Crippen LogP contribution in [0.5, 0.6) is 0 Å². The van der Waals surface area contributed by atoms with Gasteiger partial charge in [-0.25, -0.2) is 4.39 Å². The minimum atomic E-state index is -0.265. The van der Waals surface area contributed by atoms with E-state index < -0.39 is 0 Å². The smallest absolute Gasteiger partial charge is 0.127 e. The minimum Gasteiger partial charge on any atom is -0.330 e. The van der Waals surface area contributed by atoms with Crippen LogP contribution in [0, 0.1) is 12.7 Å². The van der Waals surface area contributed by atoms with Crippen molar-refractivity contribution in [3.05, 3.63) is 70.0 Å². The highest BCUT2D eigenvalue weighted by Crippen LogP contribution is 2.24. The lowest BCUT2D eigenvalue weighted by Crippen LogP contribution is -2.15. The van der Waals surface area contributed by atoms with E-state index in [-0.39, 0.29) is 11.7 Å². The van der Waals surface area contributed by atoms with Gasteiger partial charge in [-0.05, 0) is 43.1 Å². The van der Waals surface area contributed by atoms with Crippen molar-refractivity contribution in [2.24, 2.45) is 5.73 Å². The molecule has 3 heteroatoms. The van der Waals surface area contributed by atoms with Crippen LogP contribution in [0.2, 0.25) is 5.02 Å². The van der Waals surface area contributed by atoms with Crippen LogP contribution in [-0.4, -0.2) is 6.54 Å². The molecule has 0 saturated heterocycles. The van der Waals surface area contributed by atoms with Crippen LogP contribution in [0.1, 0.15) is 22.6 Å². The Kier molecular flexibility index (Phi) is 4.56. The van der Waals surface area contributed by atoms with Crippen molar-refractivity contribution in [3.63, 3.8) is 0 Å². The SMILES string of the molecule is Cc1cccc(C(CN)Cc2ccc(Cl)cc2F)c1. The zero-order valence-corrected chi connectivity index (χ0v) is 11.6. The monoisotopic (exact) mass is 277 g/mol. The van der Waals surface area contributed by atoms with E-state index in [2.05, 4.69) is 6.07 Å². The van der Waals surface area contributed by atoms with Gasteiger partial charge in [0.05, 0.1) is 0 Å². The molecule has 0 aliphatic rings. The molecule has 1 atom stereocenters. The fourth-order valence-electron chi connectivity index (χ4n) is 2.21. The topological polar surface area (TPSA) is 26.0 Å². The fourth-order valence-corrected chi connectivity index (χ4v) is 2.37. The summed E-state index contributed by atoms with van der Waals surface area (Å²) in [6, 6.07) is 13.0. The highest BCUT2D eigenvalue weighted by Gasteiger charge is 2.13. The average Bonchev–Trinajstić information content (AvgIpc) is 2.38. The fraction of sp³-hybridized carbons (Fsp3) is 0.250. The summed E-state index contributed by atoms with van der Waals surface area (Å²) in [4.78, 5) is 0. The molecule has 0 aliphatic heterocycles. The molecule has 2 aromatic carbocycles. The molecule has 0 amide bonds. The van der Waals surface area contributed by atoms with E-state index in [1.54, 1.807) is 12.1 Å². The zero-order chi connectivity index (χ0) is 13.8. The summed E-state index contributed by atoms with van der Waals surface area (Å²) < 4.78 is 13.8. The van der Waals surface area contributed by atoms with Crippen LogP contribution in [0.15, 0.2) is 42.5 Å². The lowest BCUT2D eigenvalue weighted by Gasteiger charge is -2.16. The maximum atomic E-state index is 13.8. The lowest BCUT2D eigenvalue weighted by molar-refractivity contribution is 0.590. The van der Waals surface area contributed by atoms with Crippen LogP contribution in [-0.2, 0) is 6.42 Å². The molecule has 2 aromatic rings. The molecule has 0 spiro atoms. The number of nitrogens with two attached hydrogens (primary N) is 1. The Labute approximate surface area is 118 Å². The van der Waals surface area contributed by atoms with E-state index in [0.717, 1.165) is 5.56 Å². The van der Waals surface area contributed by atoms with Gasteiger partial charge in [-0.15, -0.1) is 0 Å². The van der Waals surface area contributed by atoms with Crippen molar-refractivity contribution in [1.82, 2.24) is 0 Å². The molecule has 0 bridgehead atoms. The van der Waals surface area contributed by atoms with Crippen LogP contribution in [0.4, 0.5) is 4.39 Å². The Morgan fingerprint density at radius 2 is 2.00 bits per heavy atom. The van der Waals surface area contributed by atoms with Crippen LogP contribution >= 0.6 is 11.6 Å². The van der Waals surface area contributed by atoms with Crippen molar-refractivity contribution in [1.29, 1.82) is 0 Å². The number of hydrogen-bond donors (Lipinski definition) is 1.